The number of carbonyl (C=O) groups is 2. The van der Waals surface area contributed by atoms with E-state index >= 15 is 0 Å². The zero-order valence-electron chi connectivity index (χ0n) is 16.1. The molecule has 0 bridgehead atoms. The number of halogens is 1. The van der Waals surface area contributed by atoms with E-state index in [-0.39, 0.29) is 35.9 Å². The van der Waals surface area contributed by atoms with Crippen molar-refractivity contribution in [3.63, 3.8) is 0 Å². The van der Waals surface area contributed by atoms with Gasteiger partial charge in [0.05, 0.1) is 5.92 Å². The topological polar surface area (TPSA) is 79.5 Å². The summed E-state index contributed by atoms with van der Waals surface area (Å²) in [6, 6.07) is 5.81. The van der Waals surface area contributed by atoms with Crippen molar-refractivity contribution in [3.05, 3.63) is 41.9 Å². The standard InChI is InChI=1S/C21H23FN4O3/c22-16-3-5-17(6-4-16)26-12-15(11-18(26)27)21(28)25-9-7-14(8-10-25)20-24-23-19(29-20)13-1-2-13/h3-6,13-15H,1-2,7-12H2. The Balaban J connectivity index is 1.18. The molecule has 0 N–H and O–H groups in total. The summed E-state index contributed by atoms with van der Waals surface area (Å²) in [5.74, 6) is 1.31. The lowest BCUT2D eigenvalue weighted by atomic mass is 9.95. The van der Waals surface area contributed by atoms with Crippen molar-refractivity contribution in [2.45, 2.75) is 43.9 Å². The number of aromatic nitrogens is 2. The van der Waals surface area contributed by atoms with Gasteiger partial charge in [-0.25, -0.2) is 4.39 Å². The van der Waals surface area contributed by atoms with Crippen LogP contribution in [0.3, 0.4) is 0 Å². The summed E-state index contributed by atoms with van der Waals surface area (Å²) in [6.07, 6.45) is 4.04. The fourth-order valence-electron chi connectivity index (χ4n) is 4.26. The van der Waals surface area contributed by atoms with Crippen LogP contribution in [-0.4, -0.2) is 46.5 Å². The molecule has 1 atom stereocenters. The highest BCUT2D eigenvalue weighted by atomic mass is 19.1. The highest BCUT2D eigenvalue weighted by Crippen LogP contribution is 2.40. The Morgan fingerprint density at radius 3 is 2.24 bits per heavy atom. The van der Waals surface area contributed by atoms with Crippen molar-refractivity contribution in [1.29, 1.82) is 0 Å². The maximum atomic E-state index is 13.1. The molecule has 1 aromatic carbocycles. The van der Waals surface area contributed by atoms with Crippen LogP contribution in [0.1, 0.15) is 55.7 Å². The van der Waals surface area contributed by atoms with Crippen molar-refractivity contribution >= 4 is 17.5 Å². The van der Waals surface area contributed by atoms with Gasteiger partial charge in [-0.3, -0.25) is 9.59 Å². The number of hydrogen-bond donors (Lipinski definition) is 0. The maximum Gasteiger partial charge on any atom is 0.228 e. The average molecular weight is 398 g/mol. The first-order valence-electron chi connectivity index (χ1n) is 10.3. The van der Waals surface area contributed by atoms with Crippen LogP contribution >= 0.6 is 0 Å². The van der Waals surface area contributed by atoms with Crippen LogP contribution in [0.5, 0.6) is 0 Å². The van der Waals surface area contributed by atoms with E-state index in [1.807, 2.05) is 4.90 Å². The summed E-state index contributed by atoms with van der Waals surface area (Å²) >= 11 is 0. The monoisotopic (exact) mass is 398 g/mol. The molecular weight excluding hydrogens is 375 g/mol. The minimum atomic E-state index is -0.353. The van der Waals surface area contributed by atoms with E-state index in [2.05, 4.69) is 10.2 Å². The van der Waals surface area contributed by atoms with Crippen LogP contribution in [0.15, 0.2) is 28.7 Å². The third-order valence-electron chi connectivity index (χ3n) is 6.15. The highest BCUT2D eigenvalue weighted by molar-refractivity contribution is 6.00. The molecule has 2 aromatic rings. The molecule has 2 amide bonds. The van der Waals surface area contributed by atoms with E-state index in [1.54, 1.807) is 17.0 Å². The number of nitrogens with zero attached hydrogens (tertiary/aromatic N) is 4. The SMILES string of the molecule is O=C(C1CC(=O)N(c2ccc(F)cc2)C1)N1CCC(c2nnc(C3CC3)o2)CC1. The summed E-state index contributed by atoms with van der Waals surface area (Å²) in [5, 5.41) is 8.37. The molecule has 1 saturated carbocycles. The smallest absolute Gasteiger partial charge is 0.228 e. The van der Waals surface area contributed by atoms with Crippen LogP contribution < -0.4 is 4.90 Å². The summed E-state index contributed by atoms with van der Waals surface area (Å²) < 4.78 is 19.0. The number of anilines is 1. The Labute approximate surface area is 167 Å². The lowest BCUT2D eigenvalue weighted by molar-refractivity contribution is -0.136. The normalized spacial score (nSPS) is 23.1. The van der Waals surface area contributed by atoms with Gasteiger partial charge in [0.25, 0.3) is 0 Å². The predicted molar refractivity (Wildman–Crippen MR) is 102 cm³/mol. The van der Waals surface area contributed by atoms with Gasteiger partial charge in [-0.05, 0) is 49.9 Å². The van der Waals surface area contributed by atoms with Crippen LogP contribution in [0.4, 0.5) is 10.1 Å². The lowest BCUT2D eigenvalue weighted by Gasteiger charge is -2.32. The quantitative estimate of drug-likeness (QED) is 0.791. The Morgan fingerprint density at radius 2 is 1.62 bits per heavy atom. The molecular formula is C21H23FN4O3. The van der Waals surface area contributed by atoms with Crippen molar-refractivity contribution in [1.82, 2.24) is 15.1 Å². The van der Waals surface area contributed by atoms with Crippen LogP contribution in [0.25, 0.3) is 0 Å². The molecule has 29 heavy (non-hydrogen) atoms. The molecule has 1 aromatic heterocycles. The minimum Gasteiger partial charge on any atom is -0.425 e. The maximum absolute atomic E-state index is 13.1. The Bertz CT molecular complexity index is 916. The van der Waals surface area contributed by atoms with E-state index in [1.165, 1.54) is 12.1 Å². The number of likely N-dealkylation sites (tertiary alicyclic amines) is 1. The number of amides is 2. The van der Waals surface area contributed by atoms with Crippen LogP contribution in [0, 0.1) is 11.7 Å². The van der Waals surface area contributed by atoms with Gasteiger partial charge in [-0.15, -0.1) is 10.2 Å². The number of hydrogen-bond acceptors (Lipinski definition) is 5. The first-order chi connectivity index (χ1) is 14.1. The number of piperidine rings is 1. The Hall–Kier alpha value is -2.77. The van der Waals surface area contributed by atoms with Gasteiger partial charge in [-0.1, -0.05) is 0 Å². The third kappa shape index (κ3) is 3.63. The molecule has 1 unspecified atom stereocenters. The molecule has 0 radical (unpaired) electrons. The second kappa shape index (κ2) is 7.24. The van der Waals surface area contributed by atoms with Crippen LogP contribution in [0.2, 0.25) is 0 Å². The molecule has 2 aliphatic heterocycles. The first-order valence-corrected chi connectivity index (χ1v) is 10.3. The summed E-state index contributed by atoms with van der Waals surface area (Å²) in [6.45, 7) is 1.61. The van der Waals surface area contributed by atoms with E-state index in [9.17, 15) is 14.0 Å². The van der Waals surface area contributed by atoms with Gasteiger partial charge in [0.15, 0.2) is 0 Å². The highest BCUT2D eigenvalue weighted by Gasteiger charge is 2.39. The van der Waals surface area contributed by atoms with Crippen molar-refractivity contribution in [2.24, 2.45) is 5.92 Å². The molecule has 7 nitrogen and oxygen atoms in total. The van der Waals surface area contributed by atoms with E-state index in [0.29, 0.717) is 37.1 Å². The molecule has 152 valence electrons. The third-order valence-corrected chi connectivity index (χ3v) is 6.15. The van der Waals surface area contributed by atoms with Crippen molar-refractivity contribution in [2.75, 3.05) is 24.5 Å². The molecule has 2 saturated heterocycles. The van der Waals surface area contributed by atoms with E-state index in [4.69, 9.17) is 4.42 Å². The van der Waals surface area contributed by atoms with E-state index < -0.39 is 0 Å². The second-order valence-corrected chi connectivity index (χ2v) is 8.23. The van der Waals surface area contributed by atoms with Crippen molar-refractivity contribution in [3.8, 4) is 0 Å². The number of benzene rings is 1. The fraction of sp³-hybridized carbons (Fsp3) is 0.524. The molecule has 8 heteroatoms. The molecule has 3 fully saturated rings. The molecule has 1 aliphatic carbocycles. The minimum absolute atomic E-state index is 0.0191. The second-order valence-electron chi connectivity index (χ2n) is 8.23. The van der Waals surface area contributed by atoms with Gasteiger partial charge >= 0.3 is 0 Å². The fourth-order valence-corrected chi connectivity index (χ4v) is 4.26. The number of carbonyl (C=O) groups excluding carboxylic acids is 2. The summed E-state index contributed by atoms with van der Waals surface area (Å²) in [7, 11) is 0. The Morgan fingerprint density at radius 1 is 1.00 bits per heavy atom. The molecule has 3 aliphatic rings. The largest absolute Gasteiger partial charge is 0.425 e. The molecule has 3 heterocycles. The van der Waals surface area contributed by atoms with Gasteiger partial charge in [-0.2, -0.15) is 0 Å². The Kier molecular flexibility index (Phi) is 4.56. The first kappa shape index (κ1) is 18.3. The van der Waals surface area contributed by atoms with Crippen LogP contribution in [-0.2, 0) is 9.59 Å². The zero-order valence-corrected chi connectivity index (χ0v) is 16.1. The summed E-state index contributed by atoms with van der Waals surface area (Å²) in [4.78, 5) is 28.8. The van der Waals surface area contributed by atoms with Crippen molar-refractivity contribution < 1.29 is 18.4 Å². The molecule has 0 spiro atoms. The predicted octanol–water partition coefficient (Wildman–Crippen LogP) is 2.85. The van der Waals surface area contributed by atoms with E-state index in [0.717, 1.165) is 31.6 Å². The van der Waals surface area contributed by atoms with Gasteiger partial charge < -0.3 is 14.2 Å². The average Bonchev–Trinajstić information content (AvgIpc) is 3.34. The van der Waals surface area contributed by atoms with Gasteiger partial charge in [0, 0.05) is 43.6 Å². The van der Waals surface area contributed by atoms with Gasteiger partial charge in [0.2, 0.25) is 23.6 Å². The summed E-state index contributed by atoms with van der Waals surface area (Å²) in [5.41, 5.74) is 0.633. The zero-order chi connectivity index (χ0) is 20.0. The lowest BCUT2D eigenvalue weighted by Crippen LogP contribution is -2.42. The molecule has 5 rings (SSSR count). The number of rotatable bonds is 4. The van der Waals surface area contributed by atoms with Gasteiger partial charge in [0.1, 0.15) is 5.82 Å².